The maximum atomic E-state index is 12.1. The van der Waals surface area contributed by atoms with E-state index < -0.39 is 0 Å². The van der Waals surface area contributed by atoms with Gasteiger partial charge in [-0.05, 0) is 37.4 Å². The highest BCUT2D eigenvalue weighted by molar-refractivity contribution is 7.10. The normalized spacial score (nSPS) is 13.2. The van der Waals surface area contributed by atoms with Crippen LogP contribution in [0, 0.1) is 0 Å². The molecule has 0 radical (unpaired) electrons. The van der Waals surface area contributed by atoms with Gasteiger partial charge in [0.25, 0.3) is 0 Å². The Morgan fingerprint density at radius 3 is 2.54 bits per heavy atom. The van der Waals surface area contributed by atoms with Gasteiger partial charge in [0, 0.05) is 4.88 Å². The Morgan fingerprint density at radius 2 is 1.83 bits per heavy atom. The Balaban J connectivity index is 1.60. The van der Waals surface area contributed by atoms with Crippen molar-refractivity contribution >= 4 is 17.4 Å². The Labute approximate surface area is 144 Å². The number of benzene rings is 1. The van der Waals surface area contributed by atoms with Crippen molar-refractivity contribution in [2.45, 2.75) is 25.9 Å². The van der Waals surface area contributed by atoms with Crippen LogP contribution in [0.15, 0.2) is 54.0 Å². The molecule has 3 aromatic rings. The second-order valence-electron chi connectivity index (χ2n) is 5.50. The maximum Gasteiger partial charge on any atom is 0.315 e. The van der Waals surface area contributed by atoms with E-state index in [1.54, 1.807) is 16.0 Å². The van der Waals surface area contributed by atoms with Gasteiger partial charge in [-0.2, -0.15) is 0 Å². The summed E-state index contributed by atoms with van der Waals surface area (Å²) >= 11 is 1.62. The molecule has 1 aromatic carbocycles. The van der Waals surface area contributed by atoms with Crippen LogP contribution in [0.3, 0.4) is 0 Å². The molecule has 0 fully saturated rings. The molecule has 6 nitrogen and oxygen atoms in total. The predicted octanol–water partition coefficient (Wildman–Crippen LogP) is 3.45. The first-order valence-corrected chi connectivity index (χ1v) is 8.59. The molecule has 2 amide bonds. The molecule has 0 saturated carbocycles. The number of carbonyl (C=O) groups excluding carboxylic acids is 1. The Bertz CT molecular complexity index is 784. The number of carbonyl (C=O) groups is 1. The SMILES string of the molecule is C[C@@H](NC(=O)N[C@H](C)c1cccs1)c1cn(-c2ccccc2)nn1. The van der Waals surface area contributed by atoms with Gasteiger partial charge in [0.15, 0.2) is 0 Å². The molecule has 0 aliphatic rings. The van der Waals surface area contributed by atoms with Crippen molar-refractivity contribution in [1.29, 1.82) is 0 Å². The monoisotopic (exact) mass is 341 g/mol. The highest BCUT2D eigenvalue weighted by Crippen LogP contribution is 2.18. The number of hydrogen-bond acceptors (Lipinski definition) is 4. The van der Waals surface area contributed by atoms with Crippen molar-refractivity contribution in [1.82, 2.24) is 25.6 Å². The molecule has 124 valence electrons. The number of aromatic nitrogens is 3. The molecule has 3 rings (SSSR count). The summed E-state index contributed by atoms with van der Waals surface area (Å²) in [4.78, 5) is 13.3. The zero-order valence-corrected chi connectivity index (χ0v) is 14.3. The Morgan fingerprint density at radius 1 is 1.08 bits per heavy atom. The van der Waals surface area contributed by atoms with Gasteiger partial charge in [-0.25, -0.2) is 9.48 Å². The van der Waals surface area contributed by atoms with Crippen LogP contribution >= 0.6 is 11.3 Å². The standard InChI is InChI=1S/C17H19N5OS/c1-12(18-17(23)19-13(2)16-9-6-10-24-16)15-11-22(21-20-15)14-7-4-3-5-8-14/h3-13H,1-2H3,(H2,18,19,23)/t12-,13-/m1/s1. The van der Waals surface area contributed by atoms with Crippen LogP contribution in [0.1, 0.15) is 36.5 Å². The lowest BCUT2D eigenvalue weighted by molar-refractivity contribution is 0.235. The first-order chi connectivity index (χ1) is 11.6. The van der Waals surface area contributed by atoms with Crippen molar-refractivity contribution < 1.29 is 4.79 Å². The number of hydrogen-bond donors (Lipinski definition) is 2. The third kappa shape index (κ3) is 3.80. The summed E-state index contributed by atoms with van der Waals surface area (Å²) in [6.45, 7) is 3.84. The fraction of sp³-hybridized carbons (Fsp3) is 0.235. The van der Waals surface area contributed by atoms with E-state index >= 15 is 0 Å². The van der Waals surface area contributed by atoms with Gasteiger partial charge >= 0.3 is 6.03 Å². The minimum Gasteiger partial charge on any atom is -0.331 e. The highest BCUT2D eigenvalue weighted by atomic mass is 32.1. The molecule has 2 heterocycles. The Hall–Kier alpha value is -2.67. The highest BCUT2D eigenvalue weighted by Gasteiger charge is 2.16. The van der Waals surface area contributed by atoms with E-state index in [1.165, 1.54) is 0 Å². The summed E-state index contributed by atoms with van der Waals surface area (Å²) in [6, 6.07) is 13.2. The van der Waals surface area contributed by atoms with Gasteiger partial charge in [0.1, 0.15) is 5.69 Å². The Kier molecular flexibility index (Phi) is 4.90. The number of nitrogens with zero attached hydrogens (tertiary/aromatic N) is 3. The first kappa shape index (κ1) is 16.2. The average Bonchev–Trinajstić information content (AvgIpc) is 3.27. The molecular weight excluding hydrogens is 322 g/mol. The number of thiophene rings is 1. The number of amides is 2. The van der Waals surface area contributed by atoms with E-state index in [4.69, 9.17) is 0 Å². The molecule has 0 aliphatic carbocycles. The van der Waals surface area contributed by atoms with Crippen molar-refractivity contribution in [3.8, 4) is 5.69 Å². The largest absolute Gasteiger partial charge is 0.331 e. The van der Waals surface area contributed by atoms with Crippen molar-refractivity contribution in [3.05, 3.63) is 64.6 Å². The smallest absolute Gasteiger partial charge is 0.315 e. The zero-order chi connectivity index (χ0) is 16.9. The fourth-order valence-corrected chi connectivity index (χ4v) is 3.03. The van der Waals surface area contributed by atoms with Gasteiger partial charge in [0.2, 0.25) is 0 Å². The van der Waals surface area contributed by atoms with E-state index in [9.17, 15) is 4.79 Å². The van der Waals surface area contributed by atoms with E-state index in [2.05, 4.69) is 20.9 Å². The lowest BCUT2D eigenvalue weighted by atomic mass is 10.2. The minimum absolute atomic E-state index is 0.0304. The quantitative estimate of drug-likeness (QED) is 0.746. The van der Waals surface area contributed by atoms with E-state index in [1.807, 2.05) is 67.9 Å². The lowest BCUT2D eigenvalue weighted by Crippen LogP contribution is -2.38. The zero-order valence-electron chi connectivity index (χ0n) is 13.5. The minimum atomic E-state index is -0.238. The molecule has 0 bridgehead atoms. The topological polar surface area (TPSA) is 71.8 Å². The summed E-state index contributed by atoms with van der Waals surface area (Å²) in [7, 11) is 0. The van der Waals surface area contributed by atoms with Crippen LogP contribution in [0.2, 0.25) is 0 Å². The second kappa shape index (κ2) is 7.27. The van der Waals surface area contributed by atoms with Crippen LogP contribution in [0.4, 0.5) is 4.79 Å². The summed E-state index contributed by atoms with van der Waals surface area (Å²) in [6.07, 6.45) is 1.82. The van der Waals surface area contributed by atoms with Gasteiger partial charge in [-0.3, -0.25) is 0 Å². The molecule has 0 spiro atoms. The van der Waals surface area contributed by atoms with Gasteiger partial charge < -0.3 is 10.6 Å². The summed E-state index contributed by atoms with van der Waals surface area (Å²) in [5, 5.41) is 16.1. The molecule has 2 atom stereocenters. The third-order valence-electron chi connectivity index (χ3n) is 3.64. The molecular formula is C17H19N5OS. The average molecular weight is 341 g/mol. The van der Waals surface area contributed by atoms with Crippen LogP contribution < -0.4 is 10.6 Å². The lowest BCUT2D eigenvalue weighted by Gasteiger charge is -2.16. The summed E-state index contributed by atoms with van der Waals surface area (Å²) in [5.41, 5.74) is 1.64. The third-order valence-corrected chi connectivity index (χ3v) is 4.70. The molecule has 2 aromatic heterocycles. The summed E-state index contributed by atoms with van der Waals surface area (Å²) in [5.74, 6) is 0. The molecule has 0 saturated heterocycles. The number of urea groups is 1. The second-order valence-corrected chi connectivity index (χ2v) is 6.48. The van der Waals surface area contributed by atoms with Crippen molar-refractivity contribution in [2.75, 3.05) is 0 Å². The molecule has 0 unspecified atom stereocenters. The fourth-order valence-electron chi connectivity index (χ4n) is 2.30. The van der Waals surface area contributed by atoms with E-state index in [-0.39, 0.29) is 18.1 Å². The molecule has 7 heteroatoms. The number of para-hydroxylation sites is 1. The van der Waals surface area contributed by atoms with E-state index in [0.29, 0.717) is 5.69 Å². The predicted molar refractivity (Wildman–Crippen MR) is 94.2 cm³/mol. The van der Waals surface area contributed by atoms with Crippen LogP contribution in [0.25, 0.3) is 5.69 Å². The van der Waals surface area contributed by atoms with Crippen molar-refractivity contribution in [2.24, 2.45) is 0 Å². The number of rotatable bonds is 5. The molecule has 0 aliphatic heterocycles. The number of nitrogens with one attached hydrogen (secondary N) is 2. The van der Waals surface area contributed by atoms with Gasteiger partial charge in [-0.15, -0.1) is 16.4 Å². The summed E-state index contributed by atoms with van der Waals surface area (Å²) < 4.78 is 1.69. The van der Waals surface area contributed by atoms with Crippen molar-refractivity contribution in [3.63, 3.8) is 0 Å². The maximum absolute atomic E-state index is 12.1. The van der Waals surface area contributed by atoms with Gasteiger partial charge in [0.05, 0.1) is 24.0 Å². The molecule has 2 N–H and O–H groups in total. The molecule has 24 heavy (non-hydrogen) atoms. The van der Waals surface area contributed by atoms with Crippen LogP contribution in [-0.4, -0.2) is 21.0 Å². The van der Waals surface area contributed by atoms with Crippen LogP contribution in [0.5, 0.6) is 0 Å². The first-order valence-electron chi connectivity index (χ1n) is 7.71. The van der Waals surface area contributed by atoms with Gasteiger partial charge in [-0.1, -0.05) is 29.5 Å². The van der Waals surface area contributed by atoms with E-state index in [0.717, 1.165) is 10.6 Å². The van der Waals surface area contributed by atoms with Crippen LogP contribution in [-0.2, 0) is 0 Å².